The molecule has 2 amide bonds. The zero-order valence-corrected chi connectivity index (χ0v) is 13.3. The molecular weight excluding hydrogens is 280 g/mol. The van der Waals surface area contributed by atoms with Gasteiger partial charge in [-0.25, -0.2) is 0 Å². The molecule has 1 aliphatic heterocycles. The van der Waals surface area contributed by atoms with Crippen LogP contribution in [0.15, 0.2) is 24.3 Å². The summed E-state index contributed by atoms with van der Waals surface area (Å²) in [6.07, 6.45) is 2.61. The van der Waals surface area contributed by atoms with E-state index in [1.54, 1.807) is 31.4 Å². The number of likely N-dealkylation sites (tertiary alicyclic amines) is 1. The Bertz CT molecular complexity index is 530. The maximum atomic E-state index is 12.1. The van der Waals surface area contributed by atoms with Gasteiger partial charge in [-0.15, -0.1) is 0 Å². The van der Waals surface area contributed by atoms with Crippen LogP contribution in [0.2, 0.25) is 0 Å². The molecule has 0 radical (unpaired) electrons. The van der Waals surface area contributed by atoms with Gasteiger partial charge in [0.25, 0.3) is 5.91 Å². The summed E-state index contributed by atoms with van der Waals surface area (Å²) in [7, 11) is 1.56. The van der Waals surface area contributed by atoms with Crippen molar-refractivity contribution in [1.82, 2.24) is 10.2 Å². The first-order valence-corrected chi connectivity index (χ1v) is 7.80. The first kappa shape index (κ1) is 16.3. The van der Waals surface area contributed by atoms with Crippen molar-refractivity contribution in [2.75, 3.05) is 26.7 Å². The Labute approximate surface area is 131 Å². The Kier molecular flexibility index (Phi) is 5.81. The molecule has 1 aromatic rings. The molecule has 22 heavy (non-hydrogen) atoms. The van der Waals surface area contributed by atoms with Gasteiger partial charge in [0.2, 0.25) is 5.91 Å². The summed E-state index contributed by atoms with van der Waals surface area (Å²) >= 11 is 0. The minimum Gasteiger partial charge on any atom is -0.497 e. The van der Waals surface area contributed by atoms with E-state index in [0.29, 0.717) is 30.2 Å². The van der Waals surface area contributed by atoms with Gasteiger partial charge in [-0.1, -0.05) is 13.0 Å². The third kappa shape index (κ3) is 4.48. The lowest BCUT2D eigenvalue weighted by Crippen LogP contribution is -2.40. The predicted molar refractivity (Wildman–Crippen MR) is 84.9 cm³/mol. The molecule has 1 unspecified atom stereocenters. The molecule has 0 saturated carbocycles. The molecule has 0 aliphatic carbocycles. The Balaban J connectivity index is 1.77. The molecule has 1 atom stereocenters. The van der Waals surface area contributed by atoms with Crippen molar-refractivity contribution in [3.8, 4) is 5.75 Å². The van der Waals surface area contributed by atoms with Crippen molar-refractivity contribution in [3.63, 3.8) is 0 Å². The number of nitrogens with zero attached hydrogens (tertiary/aromatic N) is 1. The van der Waals surface area contributed by atoms with Gasteiger partial charge in [0.1, 0.15) is 5.75 Å². The number of hydrogen-bond donors (Lipinski definition) is 1. The van der Waals surface area contributed by atoms with Gasteiger partial charge in [-0.2, -0.15) is 0 Å². The summed E-state index contributed by atoms with van der Waals surface area (Å²) < 4.78 is 5.10. The number of carbonyl (C=O) groups excluding carboxylic acids is 2. The second-order valence-electron chi connectivity index (χ2n) is 5.83. The van der Waals surface area contributed by atoms with Crippen LogP contribution in [0, 0.1) is 5.92 Å². The normalized spacial score (nSPS) is 17.9. The fourth-order valence-corrected chi connectivity index (χ4v) is 2.72. The molecule has 1 aromatic carbocycles. The highest BCUT2D eigenvalue weighted by Crippen LogP contribution is 2.16. The first-order valence-electron chi connectivity index (χ1n) is 7.80. The Morgan fingerprint density at radius 1 is 1.41 bits per heavy atom. The molecule has 1 aliphatic rings. The highest BCUT2D eigenvalue weighted by molar-refractivity contribution is 5.94. The Morgan fingerprint density at radius 2 is 2.23 bits per heavy atom. The Morgan fingerprint density at radius 3 is 2.95 bits per heavy atom. The second kappa shape index (κ2) is 7.82. The number of hydrogen-bond acceptors (Lipinski definition) is 3. The largest absolute Gasteiger partial charge is 0.497 e. The van der Waals surface area contributed by atoms with Crippen molar-refractivity contribution in [3.05, 3.63) is 29.8 Å². The van der Waals surface area contributed by atoms with Gasteiger partial charge in [0, 0.05) is 31.6 Å². The van der Waals surface area contributed by atoms with Crippen LogP contribution in [0.25, 0.3) is 0 Å². The van der Waals surface area contributed by atoms with E-state index in [4.69, 9.17) is 4.74 Å². The summed E-state index contributed by atoms with van der Waals surface area (Å²) in [5, 5.41) is 2.79. The van der Waals surface area contributed by atoms with E-state index in [1.807, 2.05) is 4.90 Å². The number of piperidine rings is 1. The molecule has 1 fully saturated rings. The molecule has 2 rings (SSSR count). The summed E-state index contributed by atoms with van der Waals surface area (Å²) in [5.41, 5.74) is 0.540. The standard InChI is InChI=1S/C17H24N2O3/c1-13-5-4-10-19(12-13)16(20)8-9-18-17(21)14-6-3-7-15(11-14)22-2/h3,6-7,11,13H,4-5,8-10,12H2,1-2H3,(H,18,21). The second-order valence-corrected chi connectivity index (χ2v) is 5.83. The van der Waals surface area contributed by atoms with Gasteiger partial charge in [-0.05, 0) is 37.0 Å². The van der Waals surface area contributed by atoms with Crippen LogP contribution in [-0.4, -0.2) is 43.5 Å². The lowest BCUT2D eigenvalue weighted by Gasteiger charge is -2.31. The summed E-state index contributed by atoms with van der Waals surface area (Å²) in [6.45, 7) is 4.21. The number of carbonyl (C=O) groups is 2. The lowest BCUT2D eigenvalue weighted by molar-refractivity contribution is -0.132. The van der Waals surface area contributed by atoms with E-state index in [1.165, 1.54) is 6.42 Å². The van der Waals surface area contributed by atoms with E-state index < -0.39 is 0 Å². The van der Waals surface area contributed by atoms with Crippen LogP contribution >= 0.6 is 0 Å². The summed E-state index contributed by atoms with van der Waals surface area (Å²) in [6, 6.07) is 6.97. The third-order valence-corrected chi connectivity index (χ3v) is 3.97. The minimum absolute atomic E-state index is 0.123. The maximum Gasteiger partial charge on any atom is 0.251 e. The van der Waals surface area contributed by atoms with Gasteiger partial charge < -0.3 is 15.0 Å². The van der Waals surface area contributed by atoms with Gasteiger partial charge >= 0.3 is 0 Å². The van der Waals surface area contributed by atoms with Crippen LogP contribution in [0.5, 0.6) is 5.75 Å². The van der Waals surface area contributed by atoms with Crippen molar-refractivity contribution in [2.24, 2.45) is 5.92 Å². The van der Waals surface area contributed by atoms with Crippen molar-refractivity contribution >= 4 is 11.8 Å². The van der Waals surface area contributed by atoms with Gasteiger partial charge in [0.15, 0.2) is 0 Å². The quantitative estimate of drug-likeness (QED) is 0.906. The third-order valence-electron chi connectivity index (χ3n) is 3.97. The molecule has 120 valence electrons. The van der Waals surface area contributed by atoms with Gasteiger partial charge in [-0.3, -0.25) is 9.59 Å². The number of rotatable bonds is 5. The van der Waals surface area contributed by atoms with Crippen LogP contribution in [0.4, 0.5) is 0 Å². The van der Waals surface area contributed by atoms with Gasteiger partial charge in [0.05, 0.1) is 7.11 Å². The van der Waals surface area contributed by atoms with Crippen molar-refractivity contribution in [2.45, 2.75) is 26.2 Å². The molecule has 0 aromatic heterocycles. The van der Waals surface area contributed by atoms with Crippen LogP contribution in [0.1, 0.15) is 36.5 Å². The van der Waals surface area contributed by atoms with E-state index in [2.05, 4.69) is 12.2 Å². The first-order chi connectivity index (χ1) is 10.6. The summed E-state index contributed by atoms with van der Waals surface area (Å²) in [5.74, 6) is 1.16. The van der Waals surface area contributed by atoms with E-state index in [0.717, 1.165) is 19.5 Å². The zero-order chi connectivity index (χ0) is 15.9. The van der Waals surface area contributed by atoms with Crippen LogP contribution in [-0.2, 0) is 4.79 Å². The van der Waals surface area contributed by atoms with Crippen molar-refractivity contribution < 1.29 is 14.3 Å². The summed E-state index contributed by atoms with van der Waals surface area (Å²) in [4.78, 5) is 26.1. The number of amides is 2. The lowest BCUT2D eigenvalue weighted by atomic mass is 10.00. The topological polar surface area (TPSA) is 58.6 Å². The van der Waals surface area contributed by atoms with E-state index in [9.17, 15) is 9.59 Å². The van der Waals surface area contributed by atoms with Crippen molar-refractivity contribution in [1.29, 1.82) is 0 Å². The zero-order valence-electron chi connectivity index (χ0n) is 13.3. The predicted octanol–water partition coefficient (Wildman–Crippen LogP) is 2.07. The van der Waals surface area contributed by atoms with E-state index >= 15 is 0 Å². The molecule has 5 nitrogen and oxygen atoms in total. The molecule has 0 bridgehead atoms. The average molecular weight is 304 g/mol. The van der Waals surface area contributed by atoms with E-state index in [-0.39, 0.29) is 11.8 Å². The molecule has 0 spiro atoms. The minimum atomic E-state index is -0.182. The van der Waals surface area contributed by atoms with Crippen LogP contribution in [0.3, 0.4) is 0 Å². The fraction of sp³-hybridized carbons (Fsp3) is 0.529. The average Bonchev–Trinajstić information content (AvgIpc) is 2.54. The molecular formula is C17H24N2O3. The number of methoxy groups -OCH3 is 1. The van der Waals surface area contributed by atoms with Crippen LogP contribution < -0.4 is 10.1 Å². The fourth-order valence-electron chi connectivity index (χ4n) is 2.72. The number of ether oxygens (including phenoxy) is 1. The molecule has 1 N–H and O–H groups in total. The maximum absolute atomic E-state index is 12.1. The monoisotopic (exact) mass is 304 g/mol. The molecule has 1 heterocycles. The molecule has 5 heteroatoms. The number of benzene rings is 1. The highest BCUT2D eigenvalue weighted by Gasteiger charge is 2.20. The smallest absolute Gasteiger partial charge is 0.251 e. The SMILES string of the molecule is COc1cccc(C(=O)NCCC(=O)N2CCCC(C)C2)c1. The highest BCUT2D eigenvalue weighted by atomic mass is 16.5. The molecule has 1 saturated heterocycles. The number of nitrogens with one attached hydrogen (secondary N) is 1. The Hall–Kier alpha value is -2.04.